The van der Waals surface area contributed by atoms with E-state index in [2.05, 4.69) is 21.9 Å². The van der Waals surface area contributed by atoms with Gasteiger partial charge < -0.3 is 15.1 Å². The van der Waals surface area contributed by atoms with E-state index in [-0.39, 0.29) is 29.2 Å². The Bertz CT molecular complexity index is 1080. The van der Waals surface area contributed by atoms with Gasteiger partial charge in [0.2, 0.25) is 11.8 Å². The minimum atomic E-state index is -2.68. The number of hydrogen-bond donors (Lipinski definition) is 1. The topological polar surface area (TPSA) is 95.5 Å². The molecule has 174 valence electrons. The minimum absolute atomic E-state index is 0.0535. The molecule has 0 unspecified atom stereocenters. The second kappa shape index (κ2) is 10.5. The quantitative estimate of drug-likeness (QED) is 0.510. The van der Waals surface area contributed by atoms with Crippen LogP contribution in [-0.2, 0) is 9.59 Å². The summed E-state index contributed by atoms with van der Waals surface area (Å²) in [7, 11) is 0. The van der Waals surface area contributed by atoms with Gasteiger partial charge in [0.05, 0.1) is 18.3 Å². The van der Waals surface area contributed by atoms with Gasteiger partial charge in [0.1, 0.15) is 10.8 Å². The number of amides is 3. The van der Waals surface area contributed by atoms with Crippen LogP contribution < -0.4 is 5.32 Å². The molecule has 0 aliphatic carbocycles. The number of carbonyl (C=O) groups excluding carboxylic acids is 3. The lowest BCUT2D eigenvalue weighted by Gasteiger charge is -2.41. The molecule has 1 aliphatic heterocycles. The van der Waals surface area contributed by atoms with E-state index in [0.717, 1.165) is 0 Å². The average Bonchev–Trinajstić information content (AvgIpc) is 2.81. The molecule has 1 fully saturated rings. The van der Waals surface area contributed by atoms with Crippen LogP contribution in [0.15, 0.2) is 43.1 Å². The summed E-state index contributed by atoms with van der Waals surface area (Å²) < 4.78 is 24.8. The standard InChI is InChI=1S/C22H22ClF2N5O3/c1-3-21(32)29-6-7-30(13(2)31)18(12-29)15-9-16(28-19(23)10-15)14-4-5-26-17(8-14)22(33)27-11-20(24)25/h3-5,8-10,18,20H,1,6-7,11-12H2,2H3,(H,27,33)/t18-/m0/s1. The first-order valence-corrected chi connectivity index (χ1v) is 10.5. The second-order valence-corrected chi connectivity index (χ2v) is 7.74. The van der Waals surface area contributed by atoms with Crippen LogP contribution in [0.25, 0.3) is 11.3 Å². The lowest BCUT2D eigenvalue weighted by atomic mass is 10.0. The van der Waals surface area contributed by atoms with Crippen molar-refractivity contribution in [3.8, 4) is 11.3 Å². The molecule has 2 aromatic rings. The van der Waals surface area contributed by atoms with Gasteiger partial charge in [-0.3, -0.25) is 19.4 Å². The maximum atomic E-state index is 12.4. The number of nitrogens with one attached hydrogen (secondary N) is 1. The molecule has 0 spiro atoms. The van der Waals surface area contributed by atoms with Crippen LogP contribution in [0.2, 0.25) is 5.15 Å². The SMILES string of the molecule is C=CC(=O)N1CCN(C(C)=O)[C@H](c2cc(Cl)nc(-c3ccnc(C(=O)NCC(F)F)c3)c2)C1. The first kappa shape index (κ1) is 24.2. The fourth-order valence-electron chi connectivity index (χ4n) is 3.61. The number of piperazine rings is 1. The van der Waals surface area contributed by atoms with Crippen molar-refractivity contribution in [3.05, 3.63) is 59.5 Å². The Morgan fingerprint density at radius 1 is 1.30 bits per heavy atom. The number of nitrogens with zero attached hydrogens (tertiary/aromatic N) is 4. The highest BCUT2D eigenvalue weighted by Crippen LogP contribution is 2.30. The van der Waals surface area contributed by atoms with Crippen molar-refractivity contribution in [1.29, 1.82) is 0 Å². The van der Waals surface area contributed by atoms with E-state index >= 15 is 0 Å². The van der Waals surface area contributed by atoms with Crippen LogP contribution in [0.4, 0.5) is 8.78 Å². The summed E-state index contributed by atoms with van der Waals surface area (Å²) in [5, 5.41) is 2.25. The Kier molecular flexibility index (Phi) is 7.70. The molecule has 1 atom stereocenters. The van der Waals surface area contributed by atoms with Crippen LogP contribution in [0.1, 0.15) is 29.0 Å². The summed E-state index contributed by atoms with van der Waals surface area (Å²) in [6.45, 7) is 5.17. The average molecular weight is 478 g/mol. The van der Waals surface area contributed by atoms with E-state index in [0.29, 0.717) is 29.9 Å². The van der Waals surface area contributed by atoms with Gasteiger partial charge in [0.15, 0.2) is 0 Å². The molecule has 0 bridgehead atoms. The maximum absolute atomic E-state index is 12.4. The molecule has 1 saturated heterocycles. The smallest absolute Gasteiger partial charge is 0.270 e. The molecule has 3 heterocycles. The Labute approximate surface area is 194 Å². The van der Waals surface area contributed by atoms with Gasteiger partial charge in [0, 0.05) is 38.3 Å². The van der Waals surface area contributed by atoms with E-state index in [1.165, 1.54) is 25.3 Å². The number of alkyl halides is 2. The Hall–Kier alpha value is -3.40. The summed E-state index contributed by atoms with van der Waals surface area (Å²) in [6.07, 6.45) is -0.0910. The van der Waals surface area contributed by atoms with E-state index < -0.39 is 24.9 Å². The van der Waals surface area contributed by atoms with Crippen LogP contribution >= 0.6 is 11.6 Å². The number of carbonyl (C=O) groups is 3. The highest BCUT2D eigenvalue weighted by molar-refractivity contribution is 6.29. The molecule has 8 nitrogen and oxygen atoms in total. The van der Waals surface area contributed by atoms with Crippen LogP contribution in [0.3, 0.4) is 0 Å². The Balaban J connectivity index is 1.95. The predicted molar refractivity (Wildman–Crippen MR) is 118 cm³/mol. The summed E-state index contributed by atoms with van der Waals surface area (Å²) in [6, 6.07) is 5.88. The molecule has 33 heavy (non-hydrogen) atoms. The van der Waals surface area contributed by atoms with Crippen LogP contribution in [0, 0.1) is 0 Å². The molecular weight excluding hydrogens is 456 g/mol. The molecule has 11 heteroatoms. The van der Waals surface area contributed by atoms with Crippen molar-refractivity contribution in [2.24, 2.45) is 0 Å². The first-order valence-electron chi connectivity index (χ1n) is 10.1. The number of rotatable bonds is 6. The van der Waals surface area contributed by atoms with E-state index in [1.54, 1.807) is 28.0 Å². The summed E-state index contributed by atoms with van der Waals surface area (Å²) >= 11 is 6.27. The number of halogens is 3. The zero-order valence-electron chi connectivity index (χ0n) is 17.8. The molecule has 3 rings (SSSR count). The lowest BCUT2D eigenvalue weighted by molar-refractivity contribution is -0.139. The minimum Gasteiger partial charge on any atom is -0.345 e. The highest BCUT2D eigenvalue weighted by Gasteiger charge is 2.32. The van der Waals surface area contributed by atoms with Crippen LogP contribution in [0.5, 0.6) is 0 Å². The molecule has 3 amide bonds. The van der Waals surface area contributed by atoms with Crippen molar-refractivity contribution in [2.75, 3.05) is 26.2 Å². The van der Waals surface area contributed by atoms with Crippen molar-refractivity contribution in [2.45, 2.75) is 19.4 Å². The summed E-state index contributed by atoms with van der Waals surface area (Å²) in [4.78, 5) is 48.0. The number of aromatic nitrogens is 2. The fraction of sp³-hybridized carbons (Fsp3) is 0.318. The molecule has 1 aliphatic rings. The third-order valence-electron chi connectivity index (χ3n) is 5.18. The molecule has 0 aromatic carbocycles. The van der Waals surface area contributed by atoms with Gasteiger partial charge in [-0.2, -0.15) is 0 Å². The highest BCUT2D eigenvalue weighted by atomic mass is 35.5. The number of pyridine rings is 2. The van der Waals surface area contributed by atoms with Crippen molar-refractivity contribution in [1.82, 2.24) is 25.1 Å². The fourth-order valence-corrected chi connectivity index (χ4v) is 3.82. The van der Waals surface area contributed by atoms with E-state index in [4.69, 9.17) is 11.6 Å². The van der Waals surface area contributed by atoms with Crippen molar-refractivity contribution in [3.63, 3.8) is 0 Å². The van der Waals surface area contributed by atoms with E-state index in [9.17, 15) is 23.2 Å². The summed E-state index contributed by atoms with van der Waals surface area (Å²) in [5.74, 6) is -1.13. The zero-order chi connectivity index (χ0) is 24.1. The summed E-state index contributed by atoms with van der Waals surface area (Å²) in [5.41, 5.74) is 1.49. The normalized spacial score (nSPS) is 16.0. The monoisotopic (exact) mass is 477 g/mol. The molecule has 0 radical (unpaired) electrons. The molecule has 1 N–H and O–H groups in total. The van der Waals surface area contributed by atoms with Crippen molar-refractivity contribution >= 4 is 29.3 Å². The lowest BCUT2D eigenvalue weighted by Crippen LogP contribution is -2.51. The molecule has 0 saturated carbocycles. The van der Waals surface area contributed by atoms with Crippen LogP contribution in [-0.4, -0.2) is 70.1 Å². The Morgan fingerprint density at radius 3 is 2.73 bits per heavy atom. The van der Waals surface area contributed by atoms with Gasteiger partial charge in [-0.05, 0) is 35.9 Å². The van der Waals surface area contributed by atoms with E-state index in [1.807, 2.05) is 0 Å². The second-order valence-electron chi connectivity index (χ2n) is 7.36. The van der Waals surface area contributed by atoms with Gasteiger partial charge >= 0.3 is 0 Å². The van der Waals surface area contributed by atoms with Gasteiger partial charge in [-0.1, -0.05) is 18.2 Å². The largest absolute Gasteiger partial charge is 0.345 e. The van der Waals surface area contributed by atoms with Crippen molar-refractivity contribution < 1.29 is 23.2 Å². The molecular formula is C22H22ClF2N5O3. The Morgan fingerprint density at radius 2 is 2.06 bits per heavy atom. The first-order chi connectivity index (χ1) is 15.7. The predicted octanol–water partition coefficient (Wildman–Crippen LogP) is 2.71. The van der Waals surface area contributed by atoms with Gasteiger partial charge in [-0.15, -0.1) is 0 Å². The maximum Gasteiger partial charge on any atom is 0.270 e. The van der Waals surface area contributed by atoms with Gasteiger partial charge in [0.25, 0.3) is 12.3 Å². The third kappa shape index (κ3) is 5.89. The number of hydrogen-bond acceptors (Lipinski definition) is 5. The third-order valence-corrected chi connectivity index (χ3v) is 5.37. The zero-order valence-corrected chi connectivity index (χ0v) is 18.6. The molecule has 2 aromatic heterocycles. The van der Waals surface area contributed by atoms with Gasteiger partial charge in [-0.25, -0.2) is 13.8 Å².